The maximum absolute atomic E-state index is 12.2. The van der Waals surface area contributed by atoms with E-state index in [1.807, 2.05) is 6.07 Å². The molecular formula is C9H9BrF2. The van der Waals surface area contributed by atoms with E-state index in [2.05, 4.69) is 15.9 Å². The van der Waals surface area contributed by atoms with Crippen LogP contribution in [0.2, 0.25) is 0 Å². The van der Waals surface area contributed by atoms with Gasteiger partial charge in [-0.3, -0.25) is 0 Å². The van der Waals surface area contributed by atoms with Crippen molar-refractivity contribution in [2.24, 2.45) is 0 Å². The highest BCUT2D eigenvalue weighted by Crippen LogP contribution is 2.19. The molecule has 1 rings (SSSR count). The Kier molecular flexibility index (Phi) is 3.66. The van der Waals surface area contributed by atoms with Crippen LogP contribution < -0.4 is 0 Å². The number of benzene rings is 1. The van der Waals surface area contributed by atoms with Crippen LogP contribution in [0.4, 0.5) is 8.78 Å². The van der Waals surface area contributed by atoms with Gasteiger partial charge in [-0.15, -0.1) is 0 Å². The average Bonchev–Trinajstić information content (AvgIpc) is 2.05. The first-order valence-electron chi connectivity index (χ1n) is 3.67. The number of halogens is 3. The van der Waals surface area contributed by atoms with Gasteiger partial charge in [0.15, 0.2) is 0 Å². The van der Waals surface area contributed by atoms with Crippen molar-refractivity contribution in [1.82, 2.24) is 0 Å². The van der Waals surface area contributed by atoms with Gasteiger partial charge in [-0.2, -0.15) is 0 Å². The lowest BCUT2D eigenvalue weighted by Gasteiger charge is -2.01. The van der Waals surface area contributed by atoms with Crippen molar-refractivity contribution in [2.45, 2.75) is 12.8 Å². The lowest BCUT2D eigenvalue weighted by atomic mass is 10.1. The Hall–Kier alpha value is -0.440. The van der Waals surface area contributed by atoms with E-state index in [0.717, 1.165) is 17.3 Å². The van der Waals surface area contributed by atoms with Gasteiger partial charge in [0, 0.05) is 10.9 Å². The Labute approximate surface area is 78.7 Å². The molecule has 0 saturated carbocycles. The topological polar surface area (TPSA) is 0 Å². The first-order chi connectivity index (χ1) is 5.74. The molecule has 0 radical (unpaired) electrons. The lowest BCUT2D eigenvalue weighted by molar-refractivity contribution is 0.151. The maximum Gasteiger partial charge on any atom is 0.263 e. The summed E-state index contributed by atoms with van der Waals surface area (Å²) in [6.07, 6.45) is -1.57. The van der Waals surface area contributed by atoms with Crippen LogP contribution in [-0.4, -0.2) is 5.33 Å². The first-order valence-corrected chi connectivity index (χ1v) is 4.79. The standard InChI is InChI=1S/C9H9BrF2/c10-5-4-7-2-1-3-8(6-7)9(11)12/h1-3,6,9H,4-5H2. The van der Waals surface area contributed by atoms with Crippen molar-refractivity contribution in [3.8, 4) is 0 Å². The van der Waals surface area contributed by atoms with Crippen molar-refractivity contribution in [3.05, 3.63) is 35.4 Å². The molecule has 1 aromatic carbocycles. The third-order valence-electron chi connectivity index (χ3n) is 1.59. The second-order valence-electron chi connectivity index (χ2n) is 2.48. The molecule has 0 fully saturated rings. The molecule has 0 aliphatic rings. The van der Waals surface area contributed by atoms with Crippen molar-refractivity contribution < 1.29 is 8.78 Å². The number of hydrogen-bond donors (Lipinski definition) is 0. The molecule has 0 atom stereocenters. The van der Waals surface area contributed by atoms with Gasteiger partial charge in [-0.1, -0.05) is 40.2 Å². The van der Waals surface area contributed by atoms with E-state index < -0.39 is 6.43 Å². The Balaban J connectivity index is 2.81. The van der Waals surface area contributed by atoms with E-state index in [9.17, 15) is 8.78 Å². The van der Waals surface area contributed by atoms with Gasteiger partial charge in [0.2, 0.25) is 0 Å². The van der Waals surface area contributed by atoms with Crippen molar-refractivity contribution >= 4 is 15.9 Å². The zero-order valence-electron chi connectivity index (χ0n) is 6.43. The SMILES string of the molecule is FC(F)c1cccc(CCBr)c1. The summed E-state index contributed by atoms with van der Waals surface area (Å²) in [5.41, 5.74) is 1.05. The summed E-state index contributed by atoms with van der Waals surface area (Å²) in [6.45, 7) is 0. The largest absolute Gasteiger partial charge is 0.263 e. The molecule has 0 spiro atoms. The van der Waals surface area contributed by atoms with Crippen LogP contribution in [0.5, 0.6) is 0 Å². The molecule has 0 aromatic heterocycles. The highest BCUT2D eigenvalue weighted by Gasteiger charge is 2.05. The predicted molar refractivity (Wildman–Crippen MR) is 48.9 cm³/mol. The van der Waals surface area contributed by atoms with Crippen molar-refractivity contribution in [2.75, 3.05) is 5.33 Å². The van der Waals surface area contributed by atoms with Crippen LogP contribution in [0.25, 0.3) is 0 Å². The lowest BCUT2D eigenvalue weighted by Crippen LogP contribution is -1.89. The number of alkyl halides is 3. The smallest absolute Gasteiger partial charge is 0.205 e. The minimum atomic E-state index is -2.36. The molecule has 0 aliphatic carbocycles. The molecule has 1 aromatic rings. The summed E-state index contributed by atoms with van der Waals surface area (Å²) >= 11 is 3.26. The quantitative estimate of drug-likeness (QED) is 0.702. The average molecular weight is 235 g/mol. The fraction of sp³-hybridized carbons (Fsp3) is 0.333. The first kappa shape index (κ1) is 9.65. The van der Waals surface area contributed by atoms with E-state index in [-0.39, 0.29) is 5.56 Å². The third-order valence-corrected chi connectivity index (χ3v) is 1.98. The number of rotatable bonds is 3. The fourth-order valence-corrected chi connectivity index (χ4v) is 1.45. The van der Waals surface area contributed by atoms with Gasteiger partial charge in [0.05, 0.1) is 0 Å². The minimum Gasteiger partial charge on any atom is -0.205 e. The van der Waals surface area contributed by atoms with Gasteiger partial charge in [0.1, 0.15) is 0 Å². The molecule has 0 aliphatic heterocycles. The highest BCUT2D eigenvalue weighted by atomic mass is 79.9. The maximum atomic E-state index is 12.2. The summed E-state index contributed by atoms with van der Waals surface area (Å²) in [7, 11) is 0. The van der Waals surface area contributed by atoms with E-state index in [1.54, 1.807) is 12.1 Å². The van der Waals surface area contributed by atoms with Crippen LogP contribution in [0.15, 0.2) is 24.3 Å². The zero-order chi connectivity index (χ0) is 8.97. The Bertz CT molecular complexity index is 248. The van der Waals surface area contributed by atoms with Crippen LogP contribution in [-0.2, 0) is 6.42 Å². The third kappa shape index (κ3) is 2.55. The Morgan fingerprint density at radius 3 is 2.67 bits per heavy atom. The molecular weight excluding hydrogens is 226 g/mol. The van der Waals surface area contributed by atoms with E-state index in [1.165, 1.54) is 6.07 Å². The summed E-state index contributed by atoms with van der Waals surface area (Å²) in [4.78, 5) is 0. The summed E-state index contributed by atoms with van der Waals surface area (Å²) < 4.78 is 24.4. The van der Waals surface area contributed by atoms with Gasteiger partial charge >= 0.3 is 0 Å². The molecule has 0 N–H and O–H groups in total. The van der Waals surface area contributed by atoms with Gasteiger partial charge in [-0.05, 0) is 12.0 Å². The highest BCUT2D eigenvalue weighted by molar-refractivity contribution is 9.09. The normalized spacial score (nSPS) is 10.7. The fourth-order valence-electron chi connectivity index (χ4n) is 0.993. The summed E-state index contributed by atoms with van der Waals surface area (Å²) in [5.74, 6) is 0. The van der Waals surface area contributed by atoms with Gasteiger partial charge < -0.3 is 0 Å². The molecule has 0 saturated heterocycles. The summed E-state index contributed by atoms with van der Waals surface area (Å²) in [5, 5.41) is 0.805. The number of hydrogen-bond acceptors (Lipinski definition) is 0. The molecule has 0 nitrogen and oxygen atoms in total. The molecule has 0 unspecified atom stereocenters. The van der Waals surface area contributed by atoms with E-state index >= 15 is 0 Å². The Morgan fingerprint density at radius 2 is 2.08 bits per heavy atom. The monoisotopic (exact) mass is 234 g/mol. The Morgan fingerprint density at radius 1 is 1.33 bits per heavy atom. The van der Waals surface area contributed by atoms with Crippen LogP contribution in [0.1, 0.15) is 17.6 Å². The minimum absolute atomic E-state index is 0.105. The van der Waals surface area contributed by atoms with Gasteiger partial charge in [-0.25, -0.2) is 8.78 Å². The van der Waals surface area contributed by atoms with Crippen molar-refractivity contribution in [3.63, 3.8) is 0 Å². The molecule has 12 heavy (non-hydrogen) atoms. The van der Waals surface area contributed by atoms with E-state index in [4.69, 9.17) is 0 Å². The van der Waals surface area contributed by atoms with Crippen LogP contribution >= 0.6 is 15.9 Å². The zero-order valence-corrected chi connectivity index (χ0v) is 8.02. The second kappa shape index (κ2) is 4.55. The summed E-state index contributed by atoms with van der Waals surface area (Å²) in [6, 6.07) is 6.51. The van der Waals surface area contributed by atoms with Crippen LogP contribution in [0.3, 0.4) is 0 Å². The van der Waals surface area contributed by atoms with Crippen LogP contribution in [0, 0.1) is 0 Å². The molecule has 0 amide bonds. The molecule has 66 valence electrons. The second-order valence-corrected chi connectivity index (χ2v) is 3.28. The van der Waals surface area contributed by atoms with Gasteiger partial charge in [0.25, 0.3) is 6.43 Å². The molecule has 0 bridgehead atoms. The molecule has 0 heterocycles. The number of aryl methyl sites for hydroxylation is 1. The predicted octanol–water partition coefficient (Wildman–Crippen LogP) is 3.56. The molecule has 3 heteroatoms. The van der Waals surface area contributed by atoms with E-state index in [0.29, 0.717) is 0 Å². The van der Waals surface area contributed by atoms with Crippen molar-refractivity contribution in [1.29, 1.82) is 0 Å².